The van der Waals surface area contributed by atoms with E-state index in [-0.39, 0.29) is 12.6 Å². The van der Waals surface area contributed by atoms with Gasteiger partial charge in [-0.3, -0.25) is 0 Å². The Morgan fingerprint density at radius 1 is 1.56 bits per heavy atom. The molecule has 4 nitrogen and oxygen atoms in total. The molecule has 0 aliphatic carbocycles. The van der Waals surface area contributed by atoms with Crippen LogP contribution in [-0.2, 0) is 0 Å². The summed E-state index contributed by atoms with van der Waals surface area (Å²) in [5.41, 5.74) is 1.84. The molecule has 0 aliphatic rings. The highest BCUT2D eigenvalue weighted by Crippen LogP contribution is 2.20. The molecule has 0 radical (unpaired) electrons. The van der Waals surface area contributed by atoms with Crippen LogP contribution in [0, 0.1) is 6.92 Å². The summed E-state index contributed by atoms with van der Waals surface area (Å²) < 4.78 is 0.954. The molecule has 1 aromatic rings. The molecule has 0 fully saturated rings. The van der Waals surface area contributed by atoms with Crippen LogP contribution in [0.1, 0.15) is 5.56 Å². The first-order valence-electron chi connectivity index (χ1n) is 4.93. The van der Waals surface area contributed by atoms with Crippen molar-refractivity contribution in [3.05, 3.63) is 28.2 Å². The molecule has 0 aliphatic heterocycles. The van der Waals surface area contributed by atoms with Gasteiger partial charge in [0.2, 0.25) is 0 Å². The molecule has 0 atom stereocenters. The van der Waals surface area contributed by atoms with Crippen LogP contribution in [0.5, 0.6) is 0 Å². The number of rotatable bonds is 3. The third-order valence-corrected chi connectivity index (χ3v) is 3.06. The Kier molecular flexibility index (Phi) is 4.76. The molecule has 2 N–H and O–H groups in total. The van der Waals surface area contributed by atoms with Crippen molar-refractivity contribution in [3.63, 3.8) is 0 Å². The number of aryl methyl sites for hydroxylation is 1. The van der Waals surface area contributed by atoms with Crippen LogP contribution in [0.4, 0.5) is 10.5 Å². The lowest BCUT2D eigenvalue weighted by atomic mass is 10.2. The first-order chi connectivity index (χ1) is 7.54. The van der Waals surface area contributed by atoms with Gasteiger partial charge in [-0.2, -0.15) is 0 Å². The molecule has 1 rings (SSSR count). The number of benzene rings is 1. The van der Waals surface area contributed by atoms with Crippen LogP contribution in [0.2, 0.25) is 0 Å². The maximum atomic E-state index is 11.6. The second-order valence-electron chi connectivity index (χ2n) is 3.54. The first-order valence-corrected chi connectivity index (χ1v) is 5.73. The normalized spacial score (nSPS) is 10.0. The van der Waals surface area contributed by atoms with Gasteiger partial charge in [0.1, 0.15) is 0 Å². The largest absolute Gasteiger partial charge is 0.395 e. The molecular weight excluding hydrogens is 272 g/mol. The molecule has 2 amide bonds. The van der Waals surface area contributed by atoms with Crippen LogP contribution >= 0.6 is 15.9 Å². The van der Waals surface area contributed by atoms with Gasteiger partial charge in [0.25, 0.3) is 0 Å². The number of amides is 2. The number of halogens is 1. The van der Waals surface area contributed by atoms with Gasteiger partial charge in [-0.25, -0.2) is 4.79 Å². The van der Waals surface area contributed by atoms with Gasteiger partial charge >= 0.3 is 6.03 Å². The summed E-state index contributed by atoms with van der Waals surface area (Å²) in [6.45, 7) is 2.26. The van der Waals surface area contributed by atoms with Crippen LogP contribution in [0.25, 0.3) is 0 Å². The quantitative estimate of drug-likeness (QED) is 0.895. The summed E-state index contributed by atoms with van der Waals surface area (Å²) >= 11 is 3.40. The number of carbonyl (C=O) groups is 1. The molecule has 5 heteroatoms. The first kappa shape index (κ1) is 13.0. The molecule has 0 heterocycles. The molecule has 1 aromatic carbocycles. The molecule has 0 spiro atoms. The van der Waals surface area contributed by atoms with Gasteiger partial charge in [0.15, 0.2) is 0 Å². The van der Waals surface area contributed by atoms with E-state index in [0.717, 1.165) is 15.7 Å². The number of hydrogen-bond acceptors (Lipinski definition) is 2. The number of aliphatic hydroxyl groups is 1. The number of nitrogens with zero attached hydrogens (tertiary/aromatic N) is 1. The smallest absolute Gasteiger partial charge is 0.321 e. The highest BCUT2D eigenvalue weighted by molar-refractivity contribution is 9.10. The number of anilines is 1. The number of urea groups is 1. The lowest BCUT2D eigenvalue weighted by Crippen LogP contribution is -2.33. The van der Waals surface area contributed by atoms with Crippen molar-refractivity contribution in [2.75, 3.05) is 25.5 Å². The second kappa shape index (κ2) is 5.86. The SMILES string of the molecule is Cc1ccc(NC(=O)N(C)CCO)cc1Br. The molecule has 16 heavy (non-hydrogen) atoms. The van der Waals surface area contributed by atoms with Gasteiger partial charge in [0.05, 0.1) is 6.61 Å². The zero-order chi connectivity index (χ0) is 12.1. The van der Waals surface area contributed by atoms with Gasteiger partial charge in [-0.05, 0) is 24.6 Å². The van der Waals surface area contributed by atoms with Crippen molar-refractivity contribution in [2.24, 2.45) is 0 Å². The zero-order valence-corrected chi connectivity index (χ0v) is 10.9. The molecule has 0 unspecified atom stereocenters. The number of carbonyl (C=O) groups excluding carboxylic acids is 1. The molecule has 0 saturated carbocycles. The van der Waals surface area contributed by atoms with E-state index < -0.39 is 0 Å². The average molecular weight is 287 g/mol. The summed E-state index contributed by atoms with van der Waals surface area (Å²) in [5, 5.41) is 11.4. The summed E-state index contributed by atoms with van der Waals surface area (Å²) in [5.74, 6) is 0. The van der Waals surface area contributed by atoms with E-state index in [1.165, 1.54) is 4.90 Å². The van der Waals surface area contributed by atoms with Crippen LogP contribution in [0.15, 0.2) is 22.7 Å². The summed E-state index contributed by atoms with van der Waals surface area (Å²) in [6, 6.07) is 5.38. The monoisotopic (exact) mass is 286 g/mol. The van der Waals surface area contributed by atoms with Crippen LogP contribution in [-0.4, -0.2) is 36.2 Å². The van der Waals surface area contributed by atoms with Crippen molar-refractivity contribution in [1.29, 1.82) is 0 Å². The van der Waals surface area contributed by atoms with Gasteiger partial charge in [-0.1, -0.05) is 22.0 Å². The summed E-state index contributed by atoms with van der Waals surface area (Å²) in [6.07, 6.45) is 0. The highest BCUT2D eigenvalue weighted by Gasteiger charge is 2.08. The Morgan fingerprint density at radius 3 is 2.81 bits per heavy atom. The van der Waals surface area contributed by atoms with E-state index in [2.05, 4.69) is 21.2 Å². The number of hydrogen-bond donors (Lipinski definition) is 2. The number of aliphatic hydroxyl groups excluding tert-OH is 1. The van der Waals surface area contributed by atoms with E-state index >= 15 is 0 Å². The Balaban J connectivity index is 2.66. The maximum Gasteiger partial charge on any atom is 0.321 e. The average Bonchev–Trinajstić information content (AvgIpc) is 2.24. The molecular formula is C11H15BrN2O2. The fraction of sp³-hybridized carbons (Fsp3) is 0.364. The van der Waals surface area contributed by atoms with E-state index in [0.29, 0.717) is 6.54 Å². The predicted molar refractivity (Wildman–Crippen MR) is 67.6 cm³/mol. The van der Waals surface area contributed by atoms with Crippen LogP contribution in [0.3, 0.4) is 0 Å². The summed E-state index contributed by atoms with van der Waals surface area (Å²) in [7, 11) is 1.63. The van der Waals surface area contributed by atoms with E-state index in [4.69, 9.17) is 5.11 Å². The summed E-state index contributed by atoms with van der Waals surface area (Å²) in [4.78, 5) is 13.0. The Bertz CT molecular complexity index is 382. The fourth-order valence-electron chi connectivity index (χ4n) is 1.14. The van der Waals surface area contributed by atoms with Crippen molar-refractivity contribution in [2.45, 2.75) is 6.92 Å². The van der Waals surface area contributed by atoms with Crippen molar-refractivity contribution < 1.29 is 9.90 Å². The van der Waals surface area contributed by atoms with Crippen molar-refractivity contribution >= 4 is 27.6 Å². The van der Waals surface area contributed by atoms with Gasteiger partial charge in [0, 0.05) is 23.8 Å². The van der Waals surface area contributed by atoms with E-state index in [1.807, 2.05) is 25.1 Å². The van der Waals surface area contributed by atoms with Crippen molar-refractivity contribution in [3.8, 4) is 0 Å². The minimum atomic E-state index is -0.232. The van der Waals surface area contributed by atoms with E-state index in [9.17, 15) is 4.79 Å². The molecule has 0 saturated heterocycles. The lowest BCUT2D eigenvalue weighted by Gasteiger charge is -2.16. The van der Waals surface area contributed by atoms with Crippen LogP contribution < -0.4 is 5.32 Å². The minimum absolute atomic E-state index is 0.0402. The molecule has 0 bridgehead atoms. The Labute approximate surface area is 103 Å². The lowest BCUT2D eigenvalue weighted by molar-refractivity contribution is 0.202. The predicted octanol–water partition coefficient (Wildman–Crippen LogP) is 2.21. The zero-order valence-electron chi connectivity index (χ0n) is 9.33. The van der Waals surface area contributed by atoms with Crippen molar-refractivity contribution in [1.82, 2.24) is 4.90 Å². The fourth-order valence-corrected chi connectivity index (χ4v) is 1.52. The van der Waals surface area contributed by atoms with E-state index in [1.54, 1.807) is 7.05 Å². The number of likely N-dealkylation sites (N-methyl/N-ethyl adjacent to an activating group) is 1. The molecule has 88 valence electrons. The Hall–Kier alpha value is -1.07. The maximum absolute atomic E-state index is 11.6. The highest BCUT2D eigenvalue weighted by atomic mass is 79.9. The standard InChI is InChI=1S/C11H15BrN2O2/c1-8-3-4-9(7-10(8)12)13-11(16)14(2)5-6-15/h3-4,7,15H,5-6H2,1-2H3,(H,13,16). The molecule has 0 aromatic heterocycles. The minimum Gasteiger partial charge on any atom is -0.395 e. The third kappa shape index (κ3) is 3.50. The second-order valence-corrected chi connectivity index (χ2v) is 4.39. The number of nitrogens with one attached hydrogen (secondary N) is 1. The topological polar surface area (TPSA) is 52.6 Å². The third-order valence-electron chi connectivity index (χ3n) is 2.21. The van der Waals surface area contributed by atoms with Gasteiger partial charge < -0.3 is 15.3 Å². The van der Waals surface area contributed by atoms with Gasteiger partial charge in [-0.15, -0.1) is 0 Å². The Morgan fingerprint density at radius 2 is 2.25 bits per heavy atom.